The first-order valence-electron chi connectivity index (χ1n) is 4.83. The van der Waals surface area contributed by atoms with Crippen LogP contribution >= 0.6 is 0 Å². The molecule has 0 N–H and O–H groups in total. The van der Waals surface area contributed by atoms with E-state index in [1.165, 1.54) is 6.33 Å². The minimum atomic E-state index is -2.59. The van der Waals surface area contributed by atoms with Gasteiger partial charge in [0, 0.05) is 11.6 Å². The van der Waals surface area contributed by atoms with Gasteiger partial charge in [0.15, 0.2) is 0 Å². The predicted molar refractivity (Wildman–Crippen MR) is 54.5 cm³/mol. The van der Waals surface area contributed by atoms with Gasteiger partial charge < -0.3 is 4.90 Å². The van der Waals surface area contributed by atoms with E-state index >= 15 is 0 Å². The summed E-state index contributed by atoms with van der Waals surface area (Å²) in [5, 5.41) is 0.757. The van der Waals surface area contributed by atoms with Crippen LogP contribution in [0.2, 0.25) is 0 Å². The van der Waals surface area contributed by atoms with Crippen LogP contribution < -0.4 is 4.90 Å². The molecule has 3 rings (SSSR count). The molecular weight excluding hydrogens is 214 g/mol. The van der Waals surface area contributed by atoms with Crippen molar-refractivity contribution in [2.75, 3.05) is 18.0 Å². The van der Waals surface area contributed by atoms with Crippen LogP contribution in [0, 0.1) is 0 Å². The summed E-state index contributed by atoms with van der Waals surface area (Å²) >= 11 is 0. The minimum Gasteiger partial charge on any atom is -0.344 e. The van der Waals surface area contributed by atoms with Gasteiger partial charge in [0.25, 0.3) is 5.92 Å². The normalized spacial score (nSPS) is 18.5. The van der Waals surface area contributed by atoms with E-state index in [4.69, 9.17) is 0 Å². The van der Waals surface area contributed by atoms with Crippen molar-refractivity contribution in [3.63, 3.8) is 0 Å². The molecule has 0 amide bonds. The number of fused-ring (bicyclic) bond motifs is 1. The van der Waals surface area contributed by atoms with Crippen LogP contribution in [-0.4, -0.2) is 34.0 Å². The molecule has 0 bridgehead atoms. The lowest BCUT2D eigenvalue weighted by Gasteiger charge is -2.39. The first kappa shape index (κ1) is 9.38. The van der Waals surface area contributed by atoms with E-state index < -0.39 is 5.92 Å². The molecule has 0 saturated carbocycles. The Kier molecular flexibility index (Phi) is 1.80. The number of rotatable bonds is 1. The maximum absolute atomic E-state index is 12.8. The molecule has 1 aliphatic rings. The van der Waals surface area contributed by atoms with Crippen molar-refractivity contribution in [2.45, 2.75) is 5.92 Å². The number of alkyl halides is 2. The van der Waals surface area contributed by atoms with Gasteiger partial charge in [-0.15, -0.1) is 0 Å². The third-order valence-electron chi connectivity index (χ3n) is 2.56. The van der Waals surface area contributed by atoms with Gasteiger partial charge in [0.05, 0.1) is 24.8 Å². The van der Waals surface area contributed by atoms with Crippen molar-refractivity contribution < 1.29 is 8.78 Å². The van der Waals surface area contributed by atoms with Crippen molar-refractivity contribution >= 4 is 16.7 Å². The van der Waals surface area contributed by atoms with Crippen LogP contribution in [0.15, 0.2) is 24.8 Å². The standard InChI is InChI=1S/C10H8F2N4/c11-10(12)4-16(5-10)9-7-1-2-13-3-8(7)14-6-15-9/h1-3,6H,4-5H2. The van der Waals surface area contributed by atoms with Crippen LogP contribution in [0.5, 0.6) is 0 Å². The predicted octanol–water partition coefficient (Wildman–Crippen LogP) is 1.48. The lowest BCUT2D eigenvalue weighted by molar-refractivity contribution is -0.0265. The summed E-state index contributed by atoms with van der Waals surface area (Å²) in [4.78, 5) is 13.6. The van der Waals surface area contributed by atoms with Crippen molar-refractivity contribution in [1.29, 1.82) is 0 Å². The highest BCUT2D eigenvalue weighted by Gasteiger charge is 2.44. The maximum Gasteiger partial charge on any atom is 0.282 e. The molecule has 0 aromatic carbocycles. The minimum absolute atomic E-state index is 0.276. The lowest BCUT2D eigenvalue weighted by Crippen LogP contribution is -2.56. The van der Waals surface area contributed by atoms with Gasteiger partial charge in [-0.05, 0) is 6.07 Å². The molecular formula is C10H8F2N4. The Labute approximate surface area is 90.0 Å². The van der Waals surface area contributed by atoms with Crippen LogP contribution in [-0.2, 0) is 0 Å². The summed E-state index contributed by atoms with van der Waals surface area (Å²) in [6.07, 6.45) is 4.57. The second-order valence-corrected chi connectivity index (χ2v) is 3.80. The van der Waals surface area contributed by atoms with Gasteiger partial charge in [0.1, 0.15) is 12.1 Å². The van der Waals surface area contributed by atoms with Crippen molar-refractivity contribution in [2.24, 2.45) is 0 Å². The molecule has 1 saturated heterocycles. The Balaban J connectivity index is 2.05. The third-order valence-corrected chi connectivity index (χ3v) is 2.56. The van der Waals surface area contributed by atoms with Gasteiger partial charge >= 0.3 is 0 Å². The zero-order valence-electron chi connectivity index (χ0n) is 8.27. The maximum atomic E-state index is 12.8. The summed E-state index contributed by atoms with van der Waals surface area (Å²) in [6, 6.07) is 1.74. The highest BCUT2D eigenvalue weighted by molar-refractivity contribution is 5.88. The molecule has 2 aromatic rings. The van der Waals surface area contributed by atoms with E-state index in [2.05, 4.69) is 15.0 Å². The number of hydrogen-bond acceptors (Lipinski definition) is 4. The summed E-state index contributed by atoms with van der Waals surface area (Å²) in [5.74, 6) is -2.04. The fraction of sp³-hybridized carbons (Fsp3) is 0.300. The zero-order chi connectivity index (χ0) is 11.2. The number of hydrogen-bond donors (Lipinski definition) is 0. The van der Waals surface area contributed by atoms with Gasteiger partial charge in [-0.1, -0.05) is 0 Å². The average molecular weight is 222 g/mol. The molecule has 0 atom stereocenters. The smallest absolute Gasteiger partial charge is 0.282 e. The molecule has 0 radical (unpaired) electrons. The van der Waals surface area contributed by atoms with Crippen LogP contribution in [0.1, 0.15) is 0 Å². The zero-order valence-corrected chi connectivity index (χ0v) is 8.27. The first-order chi connectivity index (χ1) is 7.66. The molecule has 1 fully saturated rings. The summed E-state index contributed by atoms with van der Waals surface area (Å²) in [5.41, 5.74) is 0.669. The summed E-state index contributed by atoms with van der Waals surface area (Å²) in [7, 11) is 0. The number of aromatic nitrogens is 3. The Bertz CT molecular complexity index is 530. The Hall–Kier alpha value is -1.85. The molecule has 3 heterocycles. The molecule has 16 heavy (non-hydrogen) atoms. The lowest BCUT2D eigenvalue weighted by atomic mass is 10.1. The first-order valence-corrected chi connectivity index (χ1v) is 4.83. The topological polar surface area (TPSA) is 41.9 Å². The molecule has 0 unspecified atom stereocenters. The van der Waals surface area contributed by atoms with E-state index in [0.29, 0.717) is 11.3 Å². The molecule has 4 nitrogen and oxygen atoms in total. The van der Waals surface area contributed by atoms with Gasteiger partial charge in [-0.2, -0.15) is 0 Å². The number of pyridine rings is 1. The third kappa shape index (κ3) is 1.37. The monoisotopic (exact) mass is 222 g/mol. The van der Waals surface area contributed by atoms with E-state index in [-0.39, 0.29) is 13.1 Å². The van der Waals surface area contributed by atoms with Crippen LogP contribution in [0.25, 0.3) is 10.9 Å². The second kappa shape index (κ2) is 3.07. The molecule has 1 aliphatic heterocycles. The quantitative estimate of drug-likeness (QED) is 0.732. The highest BCUT2D eigenvalue weighted by atomic mass is 19.3. The van der Waals surface area contributed by atoms with Crippen LogP contribution in [0.4, 0.5) is 14.6 Å². The van der Waals surface area contributed by atoms with Gasteiger partial charge in [-0.3, -0.25) is 4.98 Å². The van der Waals surface area contributed by atoms with Crippen molar-refractivity contribution in [1.82, 2.24) is 15.0 Å². The molecule has 2 aromatic heterocycles. The highest BCUT2D eigenvalue weighted by Crippen LogP contribution is 2.33. The van der Waals surface area contributed by atoms with E-state index in [1.54, 1.807) is 23.4 Å². The SMILES string of the molecule is FC1(F)CN(c2ncnc3cnccc23)C1. The Morgan fingerprint density at radius 2 is 2.06 bits per heavy atom. The van der Waals surface area contributed by atoms with Gasteiger partial charge in [-0.25, -0.2) is 18.7 Å². The fourth-order valence-corrected chi connectivity index (χ4v) is 1.81. The number of nitrogens with zero attached hydrogens (tertiary/aromatic N) is 4. The summed E-state index contributed by atoms with van der Waals surface area (Å²) in [6.45, 7) is -0.553. The second-order valence-electron chi connectivity index (χ2n) is 3.80. The molecule has 0 aliphatic carbocycles. The summed E-state index contributed by atoms with van der Waals surface area (Å²) < 4.78 is 25.6. The van der Waals surface area contributed by atoms with Crippen molar-refractivity contribution in [3.05, 3.63) is 24.8 Å². The van der Waals surface area contributed by atoms with E-state index in [0.717, 1.165) is 5.39 Å². The van der Waals surface area contributed by atoms with E-state index in [1.807, 2.05) is 0 Å². The number of anilines is 1. The fourth-order valence-electron chi connectivity index (χ4n) is 1.81. The largest absolute Gasteiger partial charge is 0.344 e. The Morgan fingerprint density at radius 3 is 2.81 bits per heavy atom. The van der Waals surface area contributed by atoms with Crippen molar-refractivity contribution in [3.8, 4) is 0 Å². The van der Waals surface area contributed by atoms with Gasteiger partial charge in [0.2, 0.25) is 0 Å². The molecule has 6 heteroatoms. The van der Waals surface area contributed by atoms with Crippen LogP contribution in [0.3, 0.4) is 0 Å². The molecule has 82 valence electrons. The Morgan fingerprint density at radius 1 is 1.25 bits per heavy atom. The average Bonchev–Trinajstić information content (AvgIpc) is 2.25. The molecule has 0 spiro atoms. The number of halogens is 2. The van der Waals surface area contributed by atoms with E-state index in [9.17, 15) is 8.78 Å².